The molecule has 0 aromatic rings. The van der Waals surface area contributed by atoms with Crippen LogP contribution in [0.25, 0.3) is 0 Å². The summed E-state index contributed by atoms with van der Waals surface area (Å²) >= 11 is 0. The highest BCUT2D eigenvalue weighted by Crippen LogP contribution is 2.14. The lowest BCUT2D eigenvalue weighted by Crippen LogP contribution is -2.30. The second kappa shape index (κ2) is 7.21. The first-order valence-corrected chi connectivity index (χ1v) is 5.45. The summed E-state index contributed by atoms with van der Waals surface area (Å²) in [5.74, 6) is 0. The van der Waals surface area contributed by atoms with Gasteiger partial charge in [0.2, 0.25) is 0 Å². The summed E-state index contributed by atoms with van der Waals surface area (Å²) in [5.41, 5.74) is -0.730. The van der Waals surface area contributed by atoms with Gasteiger partial charge < -0.3 is 14.6 Å². The summed E-state index contributed by atoms with van der Waals surface area (Å²) in [6.07, 6.45) is 2.40. The monoisotopic (exact) mass is 204 g/mol. The molecule has 0 aliphatic carbocycles. The Labute approximate surface area is 87.4 Å². The quantitative estimate of drug-likeness (QED) is 0.487. The van der Waals surface area contributed by atoms with E-state index in [9.17, 15) is 5.11 Å². The van der Waals surface area contributed by atoms with Gasteiger partial charge in [0.1, 0.15) is 0 Å². The molecule has 0 aromatic heterocycles. The standard InChI is InChI=1S/C11H24O3/c1-5-7-8-14-10(13-6-2)9-11(3,4)12/h10,12H,5-9H2,1-4H3. The molecule has 1 atom stereocenters. The van der Waals surface area contributed by atoms with Gasteiger partial charge in [0.05, 0.1) is 5.60 Å². The van der Waals surface area contributed by atoms with Crippen molar-refractivity contribution in [3.05, 3.63) is 0 Å². The smallest absolute Gasteiger partial charge is 0.160 e. The molecule has 0 aromatic carbocycles. The molecule has 0 rings (SSSR count). The van der Waals surface area contributed by atoms with E-state index in [0.29, 0.717) is 19.6 Å². The molecule has 0 spiro atoms. The number of unbranched alkanes of at least 4 members (excludes halogenated alkanes) is 1. The minimum atomic E-state index is -0.730. The van der Waals surface area contributed by atoms with Crippen LogP contribution in [0.4, 0.5) is 0 Å². The molecule has 0 aliphatic heterocycles. The van der Waals surface area contributed by atoms with Gasteiger partial charge in [-0.1, -0.05) is 13.3 Å². The number of hydrogen-bond donors (Lipinski definition) is 1. The molecule has 86 valence electrons. The van der Waals surface area contributed by atoms with Crippen LogP contribution in [0.5, 0.6) is 0 Å². The fourth-order valence-corrected chi connectivity index (χ4v) is 1.12. The van der Waals surface area contributed by atoms with E-state index in [1.165, 1.54) is 0 Å². The van der Waals surface area contributed by atoms with Crippen molar-refractivity contribution in [1.29, 1.82) is 0 Å². The van der Waals surface area contributed by atoms with Crippen molar-refractivity contribution in [2.24, 2.45) is 0 Å². The fourth-order valence-electron chi connectivity index (χ4n) is 1.12. The molecule has 0 fully saturated rings. The molecule has 0 bridgehead atoms. The van der Waals surface area contributed by atoms with Crippen LogP contribution in [0.2, 0.25) is 0 Å². The van der Waals surface area contributed by atoms with Crippen LogP contribution >= 0.6 is 0 Å². The van der Waals surface area contributed by atoms with Gasteiger partial charge in [0, 0.05) is 19.6 Å². The minimum absolute atomic E-state index is 0.272. The molecule has 0 saturated heterocycles. The summed E-state index contributed by atoms with van der Waals surface area (Å²) in [7, 11) is 0. The first kappa shape index (κ1) is 13.9. The third-order valence-corrected chi connectivity index (χ3v) is 1.82. The van der Waals surface area contributed by atoms with Crippen LogP contribution in [0, 0.1) is 0 Å². The summed E-state index contributed by atoms with van der Waals surface area (Å²) in [4.78, 5) is 0. The van der Waals surface area contributed by atoms with Gasteiger partial charge in [-0.15, -0.1) is 0 Å². The Balaban J connectivity index is 3.77. The molecule has 1 unspecified atom stereocenters. The van der Waals surface area contributed by atoms with E-state index in [2.05, 4.69) is 6.92 Å². The van der Waals surface area contributed by atoms with E-state index in [0.717, 1.165) is 12.8 Å². The van der Waals surface area contributed by atoms with Gasteiger partial charge in [-0.2, -0.15) is 0 Å². The first-order valence-electron chi connectivity index (χ1n) is 5.45. The second-order valence-corrected chi connectivity index (χ2v) is 4.13. The summed E-state index contributed by atoms with van der Waals surface area (Å²) in [6, 6.07) is 0. The van der Waals surface area contributed by atoms with Crippen molar-refractivity contribution in [2.75, 3.05) is 13.2 Å². The Kier molecular flexibility index (Phi) is 7.15. The van der Waals surface area contributed by atoms with Crippen molar-refractivity contribution in [2.45, 2.75) is 58.8 Å². The molecule has 0 heterocycles. The first-order chi connectivity index (χ1) is 6.49. The molecule has 0 radical (unpaired) electrons. The number of ether oxygens (including phenoxy) is 2. The van der Waals surface area contributed by atoms with E-state index in [4.69, 9.17) is 9.47 Å². The van der Waals surface area contributed by atoms with Crippen molar-refractivity contribution in [3.8, 4) is 0 Å². The van der Waals surface area contributed by atoms with Crippen molar-refractivity contribution in [3.63, 3.8) is 0 Å². The maximum absolute atomic E-state index is 9.61. The number of aliphatic hydroxyl groups is 1. The van der Waals surface area contributed by atoms with E-state index in [1.54, 1.807) is 13.8 Å². The van der Waals surface area contributed by atoms with Gasteiger partial charge in [0.25, 0.3) is 0 Å². The Morgan fingerprint density at radius 2 is 1.86 bits per heavy atom. The lowest BCUT2D eigenvalue weighted by Gasteiger charge is -2.24. The normalized spacial score (nSPS) is 14.4. The van der Waals surface area contributed by atoms with Crippen LogP contribution in [0.3, 0.4) is 0 Å². The van der Waals surface area contributed by atoms with Crippen LogP contribution in [0.1, 0.15) is 47.0 Å². The van der Waals surface area contributed by atoms with E-state index in [1.807, 2.05) is 6.92 Å². The third-order valence-electron chi connectivity index (χ3n) is 1.82. The van der Waals surface area contributed by atoms with E-state index in [-0.39, 0.29) is 6.29 Å². The maximum atomic E-state index is 9.61. The zero-order valence-electron chi connectivity index (χ0n) is 9.88. The highest BCUT2D eigenvalue weighted by atomic mass is 16.7. The zero-order valence-corrected chi connectivity index (χ0v) is 9.88. The largest absolute Gasteiger partial charge is 0.390 e. The molecular weight excluding hydrogens is 180 g/mol. The van der Waals surface area contributed by atoms with Crippen molar-refractivity contribution in [1.82, 2.24) is 0 Å². The molecule has 0 saturated carbocycles. The predicted octanol–water partition coefficient (Wildman–Crippen LogP) is 2.33. The molecule has 14 heavy (non-hydrogen) atoms. The molecule has 0 aliphatic rings. The molecule has 1 N–H and O–H groups in total. The summed E-state index contributed by atoms with van der Waals surface area (Å²) in [6.45, 7) is 8.91. The zero-order chi connectivity index (χ0) is 11.0. The average molecular weight is 204 g/mol. The van der Waals surface area contributed by atoms with E-state index >= 15 is 0 Å². The molecule has 0 amide bonds. The van der Waals surface area contributed by atoms with Crippen LogP contribution < -0.4 is 0 Å². The van der Waals surface area contributed by atoms with Gasteiger partial charge in [-0.3, -0.25) is 0 Å². The van der Waals surface area contributed by atoms with Gasteiger partial charge >= 0.3 is 0 Å². The fraction of sp³-hybridized carbons (Fsp3) is 1.00. The van der Waals surface area contributed by atoms with Crippen molar-refractivity contribution < 1.29 is 14.6 Å². The van der Waals surface area contributed by atoms with Crippen LogP contribution in [-0.2, 0) is 9.47 Å². The topological polar surface area (TPSA) is 38.7 Å². The average Bonchev–Trinajstić information content (AvgIpc) is 2.02. The van der Waals surface area contributed by atoms with Gasteiger partial charge in [-0.25, -0.2) is 0 Å². The minimum Gasteiger partial charge on any atom is -0.390 e. The Bertz CT molecular complexity index is 129. The Morgan fingerprint density at radius 3 is 2.29 bits per heavy atom. The molecular formula is C11H24O3. The highest BCUT2D eigenvalue weighted by molar-refractivity contribution is 4.67. The number of hydrogen-bond acceptors (Lipinski definition) is 3. The van der Waals surface area contributed by atoms with Gasteiger partial charge in [-0.05, 0) is 27.2 Å². The summed E-state index contributed by atoms with van der Waals surface area (Å²) < 4.78 is 10.9. The highest BCUT2D eigenvalue weighted by Gasteiger charge is 2.20. The maximum Gasteiger partial charge on any atom is 0.160 e. The lowest BCUT2D eigenvalue weighted by molar-refractivity contribution is -0.166. The lowest BCUT2D eigenvalue weighted by atomic mass is 10.1. The SMILES string of the molecule is CCCCOC(CC(C)(C)O)OCC. The summed E-state index contributed by atoms with van der Waals surface area (Å²) in [5, 5.41) is 9.61. The van der Waals surface area contributed by atoms with Crippen LogP contribution in [-0.4, -0.2) is 30.2 Å². The second-order valence-electron chi connectivity index (χ2n) is 4.13. The molecule has 3 nitrogen and oxygen atoms in total. The van der Waals surface area contributed by atoms with Crippen LogP contribution in [0.15, 0.2) is 0 Å². The molecule has 3 heteroatoms. The van der Waals surface area contributed by atoms with Gasteiger partial charge in [0.15, 0.2) is 6.29 Å². The Morgan fingerprint density at radius 1 is 1.21 bits per heavy atom. The number of rotatable bonds is 8. The third kappa shape index (κ3) is 8.48. The van der Waals surface area contributed by atoms with E-state index < -0.39 is 5.60 Å². The Hall–Kier alpha value is -0.120. The predicted molar refractivity (Wildman–Crippen MR) is 57.2 cm³/mol. The van der Waals surface area contributed by atoms with Crippen molar-refractivity contribution >= 4 is 0 Å².